The highest BCUT2D eigenvalue weighted by Gasteiger charge is 2.46. The summed E-state index contributed by atoms with van der Waals surface area (Å²) in [5.41, 5.74) is 25.1. The number of aliphatic hydroxyl groups is 2. The molecule has 6 aliphatic heterocycles. The van der Waals surface area contributed by atoms with Crippen LogP contribution in [0.15, 0.2) is 94.7 Å². The van der Waals surface area contributed by atoms with Crippen molar-refractivity contribution in [1.82, 2.24) is 24.2 Å². The van der Waals surface area contributed by atoms with Gasteiger partial charge in [-0.25, -0.2) is 26.4 Å². The summed E-state index contributed by atoms with van der Waals surface area (Å²) in [6.45, 7) is 8.51. The van der Waals surface area contributed by atoms with Crippen molar-refractivity contribution in [2.24, 2.45) is 23.7 Å². The number of rotatable bonds is 24. The summed E-state index contributed by atoms with van der Waals surface area (Å²) in [5, 5.41) is 38.3. The minimum atomic E-state index is -4.12. The SMILES string of the molecule is CC(C)CN(C[C@@H](O)[C@H](Cc1ccc(O)cc1)NC(=O)O[C@H]1CO[C@H]2OCC[C@H]21)S(=O)(=O)c1ccc2c(c1)OCO2.CC(C)CN(C[C@@H](O)[C@H](Cc1ccc(Oc2nc(N)c(N)c(N)c2N)cc1)NC(=O)O[C@H]1CO[C@H]2OCC[C@H]21)S(=O)(=O)c1ccc2c(c1)OCO2. The van der Waals surface area contributed by atoms with Crippen molar-refractivity contribution in [3.05, 3.63) is 96.1 Å². The van der Waals surface area contributed by atoms with Gasteiger partial charge in [0.1, 0.15) is 35.1 Å². The van der Waals surface area contributed by atoms with Crippen LogP contribution in [-0.2, 0) is 61.3 Å². The van der Waals surface area contributed by atoms with Crippen LogP contribution in [0.5, 0.6) is 40.4 Å². The number of alkyl carbamates (subject to hydrolysis) is 2. The number of pyridine rings is 1. The van der Waals surface area contributed by atoms with Crippen LogP contribution >= 0.6 is 0 Å². The Bertz CT molecular complexity index is 3630. The molecule has 31 heteroatoms. The van der Waals surface area contributed by atoms with Crippen LogP contribution in [-0.4, -0.2) is 173 Å². The molecule has 1 aromatic heterocycles. The number of nitrogens with zero attached hydrogens (tertiary/aromatic N) is 3. The molecule has 0 aliphatic carbocycles. The van der Waals surface area contributed by atoms with Crippen molar-refractivity contribution in [3.8, 4) is 40.4 Å². The number of hydrogen-bond acceptors (Lipinski definition) is 25. The van der Waals surface area contributed by atoms with E-state index in [0.717, 1.165) is 5.56 Å². The summed E-state index contributed by atoms with van der Waals surface area (Å²) in [6.07, 6.45) is -4.40. The highest BCUT2D eigenvalue weighted by atomic mass is 32.2. The normalized spacial score (nSPS) is 21.7. The highest BCUT2D eigenvalue weighted by Crippen LogP contribution is 2.40. The third kappa shape index (κ3) is 16.0. The number of phenols is 1. The van der Waals surface area contributed by atoms with Crippen molar-refractivity contribution in [2.45, 2.75) is 112 Å². The fourth-order valence-corrected chi connectivity index (χ4v) is 14.6. The molecular weight excluding hydrogens is 1240 g/mol. The molecule has 2 amide bonds. The Morgan fingerprint density at radius 3 is 1.47 bits per heavy atom. The Morgan fingerprint density at radius 1 is 0.587 bits per heavy atom. The average molecular weight is 1320 g/mol. The quantitative estimate of drug-likeness (QED) is 0.0416. The molecule has 5 aromatic rings. The molecule has 0 spiro atoms. The second-order valence-electron chi connectivity index (χ2n) is 23.9. The molecule has 500 valence electrons. The molecule has 4 aromatic carbocycles. The largest absolute Gasteiger partial charge is 0.508 e. The van der Waals surface area contributed by atoms with Gasteiger partial charge in [0.15, 0.2) is 41.4 Å². The molecule has 0 radical (unpaired) electrons. The summed E-state index contributed by atoms with van der Waals surface area (Å²) >= 11 is 0. The van der Waals surface area contributed by atoms with Gasteiger partial charge < -0.3 is 101 Å². The van der Waals surface area contributed by atoms with Crippen molar-refractivity contribution in [1.29, 1.82) is 0 Å². The van der Waals surface area contributed by atoms with E-state index in [4.69, 9.17) is 75.0 Å². The molecule has 7 heterocycles. The Balaban J connectivity index is 0.000000206. The number of aromatic hydroxyl groups is 1. The first kappa shape index (κ1) is 67.1. The third-order valence-electron chi connectivity index (χ3n) is 16.2. The van der Waals surface area contributed by atoms with Gasteiger partial charge in [0.25, 0.3) is 0 Å². The van der Waals surface area contributed by atoms with Gasteiger partial charge in [-0.05, 0) is 97.2 Å². The predicted octanol–water partition coefficient (Wildman–Crippen LogP) is 4.27. The monoisotopic (exact) mass is 1320 g/mol. The van der Waals surface area contributed by atoms with Crippen molar-refractivity contribution in [2.75, 3.05) is 89.1 Å². The number of anilines is 4. The lowest BCUT2D eigenvalue weighted by molar-refractivity contribution is -0.0909. The number of aromatic nitrogens is 1. The molecule has 4 fully saturated rings. The Morgan fingerprint density at radius 2 is 1.02 bits per heavy atom. The van der Waals surface area contributed by atoms with E-state index in [1.54, 1.807) is 36.4 Å². The van der Waals surface area contributed by atoms with Crippen molar-refractivity contribution >= 4 is 55.1 Å². The van der Waals surface area contributed by atoms with Gasteiger partial charge in [-0.15, -0.1) is 0 Å². The highest BCUT2D eigenvalue weighted by molar-refractivity contribution is 7.89. The maximum atomic E-state index is 13.9. The van der Waals surface area contributed by atoms with Crippen molar-refractivity contribution in [3.63, 3.8) is 0 Å². The number of amides is 2. The maximum Gasteiger partial charge on any atom is 0.407 e. The molecule has 13 N–H and O–H groups in total. The van der Waals surface area contributed by atoms with E-state index in [1.807, 2.05) is 27.7 Å². The summed E-state index contributed by atoms with van der Waals surface area (Å²) in [6, 6.07) is 19.9. The van der Waals surface area contributed by atoms with Crippen molar-refractivity contribution < 1.29 is 93.8 Å². The number of aliphatic hydroxyl groups excluding tert-OH is 2. The lowest BCUT2D eigenvalue weighted by Crippen LogP contribution is -2.51. The van der Waals surface area contributed by atoms with Crippen LogP contribution in [0.1, 0.15) is 51.7 Å². The number of carbonyl (C=O) groups excluding carboxylic acids is 2. The molecule has 0 bridgehead atoms. The standard InChI is InChI=1S/C33H43N7O10S.C28H36N2O10S/c1-17(2)13-40(51(43,44)20-7-8-24-25(12-20)48-16-47-24)14-23(41)22(38-33(42)50-26-15-46-32-21(26)9-10-45-32)11-18-3-5-19(6-4-18)49-31-29(36)27(34)28(35)30(37)39-31;1-17(2)13-30(41(34,35)20-7-8-24-25(12-20)39-16-38-24)14-23(32)22(11-18-3-5-19(31)6-4-18)29-28(33)40-26-15-37-27-21(26)9-10-36-27/h3-8,12,17,21-23,26,32,41H,9-11,13-16,35-36H2,1-2H3,(H,38,42)(H4,34,37,39);3-8,12,17,21-23,26-27,31-32H,9-11,13-16H2,1-2H3,(H,29,33)/t21-,22-,23+,26-,32+;21-,22-,23+,26-,27+/m00/s1. The second kappa shape index (κ2) is 29.0. The number of nitrogens with two attached hydrogens (primary N) is 4. The predicted molar refractivity (Wildman–Crippen MR) is 330 cm³/mol. The number of benzene rings is 4. The summed E-state index contributed by atoms with van der Waals surface area (Å²) in [5.74, 6) is 1.59. The zero-order valence-electron chi connectivity index (χ0n) is 51.2. The Hall–Kier alpha value is -7.85. The number of ether oxygens (including phenoxy) is 11. The van der Waals surface area contributed by atoms with E-state index < -0.39 is 81.3 Å². The summed E-state index contributed by atoms with van der Waals surface area (Å²) in [7, 11) is -8.17. The van der Waals surface area contributed by atoms with Crippen LogP contribution in [0.4, 0.5) is 32.5 Å². The number of hydrogen-bond donors (Lipinski definition) is 9. The molecular formula is C61H79N9O20S2. The lowest BCUT2D eigenvalue weighted by atomic mass is 10.0. The van der Waals surface area contributed by atoms with Gasteiger partial charge in [-0.1, -0.05) is 52.0 Å². The first-order chi connectivity index (χ1) is 43.9. The summed E-state index contributed by atoms with van der Waals surface area (Å²) < 4.78 is 119. The number of nitrogens with one attached hydrogen (secondary N) is 2. The van der Waals surface area contributed by atoms with E-state index in [9.17, 15) is 41.7 Å². The van der Waals surface area contributed by atoms with Gasteiger partial charge in [-0.3, -0.25) is 0 Å². The average Bonchev–Trinajstić information content (AvgIpc) is 1.32. The van der Waals surface area contributed by atoms with Crippen LogP contribution in [0.25, 0.3) is 0 Å². The number of phenolic OH excluding ortho intramolecular Hbond substituents is 1. The summed E-state index contributed by atoms with van der Waals surface area (Å²) in [4.78, 5) is 30.3. The van der Waals surface area contributed by atoms with E-state index in [0.29, 0.717) is 60.4 Å². The molecule has 6 aliphatic rings. The fourth-order valence-electron chi connectivity index (χ4n) is 11.4. The molecule has 11 rings (SSSR count). The molecule has 10 atom stereocenters. The Kier molecular flexibility index (Phi) is 21.1. The van der Waals surface area contributed by atoms with Crippen LogP contribution in [0.2, 0.25) is 0 Å². The van der Waals surface area contributed by atoms with Crippen LogP contribution < -0.4 is 57.3 Å². The van der Waals surface area contributed by atoms with E-state index in [1.165, 1.54) is 57.1 Å². The first-order valence-corrected chi connectivity index (χ1v) is 33.0. The molecule has 29 nitrogen and oxygen atoms in total. The van der Waals surface area contributed by atoms with Gasteiger partial charge in [0.2, 0.25) is 39.5 Å². The number of fused-ring (bicyclic) bond motifs is 4. The zero-order chi connectivity index (χ0) is 65.6. The lowest BCUT2D eigenvalue weighted by Gasteiger charge is -2.31. The molecule has 4 saturated heterocycles. The smallest absolute Gasteiger partial charge is 0.407 e. The minimum absolute atomic E-state index is 0.00613. The van der Waals surface area contributed by atoms with Gasteiger partial charge >= 0.3 is 12.2 Å². The van der Waals surface area contributed by atoms with Gasteiger partial charge in [-0.2, -0.15) is 13.6 Å². The molecule has 0 saturated carbocycles. The Labute approximate surface area is 532 Å². The van der Waals surface area contributed by atoms with Gasteiger partial charge in [0, 0.05) is 38.3 Å². The number of sulfonamides is 2. The number of nitrogen functional groups attached to an aromatic ring is 4. The van der Waals surface area contributed by atoms with E-state index in [-0.39, 0.29) is 134 Å². The van der Waals surface area contributed by atoms with E-state index in [2.05, 4.69) is 15.6 Å². The van der Waals surface area contributed by atoms with Crippen LogP contribution in [0, 0.1) is 23.7 Å². The maximum absolute atomic E-state index is 13.9. The van der Waals surface area contributed by atoms with E-state index >= 15 is 0 Å². The second-order valence-corrected chi connectivity index (χ2v) is 27.8. The fraction of sp³-hybridized carbons (Fsp3) is 0.492. The van der Waals surface area contributed by atoms with Crippen LogP contribution in [0.3, 0.4) is 0 Å². The number of carbonyl (C=O) groups is 2. The molecule has 92 heavy (non-hydrogen) atoms. The third-order valence-corrected chi connectivity index (χ3v) is 19.9. The van der Waals surface area contributed by atoms with Gasteiger partial charge in [0.05, 0.1) is 78.0 Å². The first-order valence-electron chi connectivity index (χ1n) is 30.1. The minimum Gasteiger partial charge on any atom is -0.508 e. The zero-order valence-corrected chi connectivity index (χ0v) is 52.8. The topological polar surface area (TPSA) is 412 Å². The molecule has 0 unspecified atom stereocenters.